The molecule has 1 fully saturated rings. The van der Waals surface area contributed by atoms with Crippen LogP contribution in [0.2, 0.25) is 0 Å². The van der Waals surface area contributed by atoms with Gasteiger partial charge in [-0.05, 0) is 26.7 Å². The van der Waals surface area contributed by atoms with Crippen LogP contribution < -0.4 is 5.32 Å². The van der Waals surface area contributed by atoms with E-state index in [0.717, 1.165) is 0 Å². The molecular formula is C14H18N2O5. The lowest BCUT2D eigenvalue weighted by Gasteiger charge is -2.42. The average molecular weight is 294 g/mol. The Balaban J connectivity index is 2.29. The van der Waals surface area contributed by atoms with Gasteiger partial charge in [-0.3, -0.25) is 24.5 Å². The van der Waals surface area contributed by atoms with Crippen molar-refractivity contribution in [2.75, 3.05) is 6.54 Å². The molecule has 1 aliphatic heterocycles. The molecule has 0 saturated carbocycles. The summed E-state index contributed by atoms with van der Waals surface area (Å²) in [5, 5.41) is 11.4. The van der Waals surface area contributed by atoms with Gasteiger partial charge in [0.25, 0.3) is 5.91 Å². The van der Waals surface area contributed by atoms with E-state index >= 15 is 0 Å². The number of nitrogens with zero attached hydrogens (tertiary/aromatic N) is 1. The molecule has 2 N–H and O–H groups in total. The molecule has 2 unspecified atom stereocenters. The quantitative estimate of drug-likeness (QED) is 0.547. The Labute approximate surface area is 122 Å². The summed E-state index contributed by atoms with van der Waals surface area (Å²) in [6, 6.07) is 0. The number of piperazine rings is 1. The van der Waals surface area contributed by atoms with E-state index in [1.54, 1.807) is 26.0 Å². The van der Waals surface area contributed by atoms with Crippen LogP contribution in [-0.2, 0) is 19.2 Å². The minimum atomic E-state index is -1.17. The van der Waals surface area contributed by atoms with Crippen LogP contribution in [0.4, 0.5) is 0 Å². The van der Waals surface area contributed by atoms with E-state index in [1.165, 1.54) is 4.90 Å². The Hall–Kier alpha value is -2.18. The molecule has 0 spiro atoms. The maximum absolute atomic E-state index is 12.7. The summed E-state index contributed by atoms with van der Waals surface area (Å²) in [7, 11) is 0. The number of allylic oxidation sites excluding steroid dienone is 2. The van der Waals surface area contributed by atoms with Crippen LogP contribution in [0.5, 0.6) is 0 Å². The van der Waals surface area contributed by atoms with Gasteiger partial charge in [0.2, 0.25) is 11.8 Å². The van der Waals surface area contributed by atoms with Crippen LogP contribution in [0.1, 0.15) is 26.7 Å². The van der Waals surface area contributed by atoms with Gasteiger partial charge in [0, 0.05) is 0 Å². The van der Waals surface area contributed by atoms with Crippen molar-refractivity contribution < 1.29 is 24.3 Å². The Morgan fingerprint density at radius 1 is 1.24 bits per heavy atom. The third kappa shape index (κ3) is 2.68. The Bertz CT molecular complexity index is 537. The van der Waals surface area contributed by atoms with Crippen LogP contribution in [0.25, 0.3) is 0 Å². The van der Waals surface area contributed by atoms with E-state index in [2.05, 4.69) is 5.32 Å². The third-order valence-electron chi connectivity index (χ3n) is 4.12. The summed E-state index contributed by atoms with van der Waals surface area (Å²) >= 11 is 0. The predicted octanol–water partition coefficient (Wildman–Crippen LogP) is -0.0830. The molecule has 2 aliphatic rings. The lowest BCUT2D eigenvalue weighted by atomic mass is 9.81. The second-order valence-electron chi connectivity index (χ2n) is 5.85. The van der Waals surface area contributed by atoms with Crippen LogP contribution in [-0.4, -0.2) is 45.8 Å². The maximum atomic E-state index is 12.7. The molecule has 7 nitrogen and oxygen atoms in total. The van der Waals surface area contributed by atoms with Gasteiger partial charge in [-0.2, -0.15) is 0 Å². The number of imide groups is 1. The van der Waals surface area contributed by atoms with Gasteiger partial charge < -0.3 is 10.0 Å². The first-order valence-electron chi connectivity index (χ1n) is 6.78. The number of carboxylic acids is 1. The molecule has 2 atom stereocenters. The van der Waals surface area contributed by atoms with Crippen molar-refractivity contribution >= 4 is 23.7 Å². The highest BCUT2D eigenvalue weighted by atomic mass is 16.4. The van der Waals surface area contributed by atoms with Crippen molar-refractivity contribution in [1.82, 2.24) is 10.2 Å². The Kier molecular flexibility index (Phi) is 3.85. The Morgan fingerprint density at radius 3 is 2.38 bits per heavy atom. The van der Waals surface area contributed by atoms with Crippen LogP contribution in [0.3, 0.4) is 0 Å². The molecule has 114 valence electrons. The molecule has 0 aromatic rings. The number of carbonyl (C=O) groups is 4. The lowest BCUT2D eigenvalue weighted by molar-refractivity contribution is -0.161. The maximum Gasteiger partial charge on any atom is 0.307 e. The highest BCUT2D eigenvalue weighted by Crippen LogP contribution is 2.30. The molecule has 1 saturated heterocycles. The fraction of sp³-hybridized carbons (Fsp3) is 0.571. The van der Waals surface area contributed by atoms with Crippen molar-refractivity contribution in [3.8, 4) is 0 Å². The van der Waals surface area contributed by atoms with E-state index in [0.29, 0.717) is 6.42 Å². The SMILES string of the molecule is CC1(C)C(=O)NC(=O)CN1C(=O)C1CC=CCC1C(=O)O. The lowest BCUT2D eigenvalue weighted by Crippen LogP contribution is -2.66. The highest BCUT2D eigenvalue weighted by molar-refractivity contribution is 6.06. The summed E-state index contributed by atoms with van der Waals surface area (Å²) in [4.78, 5) is 48.6. The zero-order valence-corrected chi connectivity index (χ0v) is 12.0. The van der Waals surface area contributed by atoms with Crippen molar-refractivity contribution in [3.05, 3.63) is 12.2 Å². The number of rotatable bonds is 2. The highest BCUT2D eigenvalue weighted by Gasteiger charge is 2.47. The zero-order valence-electron chi connectivity index (χ0n) is 12.0. The molecule has 0 bridgehead atoms. The van der Waals surface area contributed by atoms with Gasteiger partial charge in [-0.1, -0.05) is 12.2 Å². The van der Waals surface area contributed by atoms with Crippen LogP contribution >= 0.6 is 0 Å². The summed E-state index contributed by atoms with van der Waals surface area (Å²) in [6.07, 6.45) is 4.08. The standard InChI is InChI=1S/C14H18N2O5/c1-14(2)13(21)15-10(17)7-16(14)11(18)8-5-3-4-6-9(8)12(19)20/h3-4,8-9H,5-7H2,1-2H3,(H,19,20)(H,15,17,21). The van der Waals surface area contributed by atoms with Crippen molar-refractivity contribution in [3.63, 3.8) is 0 Å². The molecule has 0 aromatic carbocycles. The zero-order chi connectivity index (χ0) is 15.8. The number of nitrogens with one attached hydrogen (secondary N) is 1. The first-order valence-corrected chi connectivity index (χ1v) is 6.78. The third-order valence-corrected chi connectivity index (χ3v) is 4.12. The normalized spacial score (nSPS) is 28.2. The molecule has 3 amide bonds. The van der Waals surface area contributed by atoms with Gasteiger partial charge in [-0.15, -0.1) is 0 Å². The monoisotopic (exact) mass is 294 g/mol. The summed E-state index contributed by atoms with van der Waals surface area (Å²) in [5.41, 5.74) is -1.17. The predicted molar refractivity (Wildman–Crippen MR) is 71.9 cm³/mol. The largest absolute Gasteiger partial charge is 0.481 e. The molecule has 7 heteroatoms. The first-order chi connectivity index (χ1) is 9.75. The van der Waals surface area contributed by atoms with E-state index in [4.69, 9.17) is 0 Å². The van der Waals surface area contributed by atoms with Gasteiger partial charge in [0.1, 0.15) is 12.1 Å². The minimum absolute atomic E-state index is 0.232. The van der Waals surface area contributed by atoms with E-state index in [1.807, 2.05) is 0 Å². The molecule has 1 aliphatic carbocycles. The van der Waals surface area contributed by atoms with Gasteiger partial charge >= 0.3 is 5.97 Å². The number of amides is 3. The van der Waals surface area contributed by atoms with Crippen LogP contribution in [0, 0.1) is 11.8 Å². The molecule has 1 heterocycles. The Morgan fingerprint density at radius 2 is 1.81 bits per heavy atom. The molecule has 21 heavy (non-hydrogen) atoms. The molecule has 2 rings (SSSR count). The van der Waals surface area contributed by atoms with E-state index in [-0.39, 0.29) is 13.0 Å². The second kappa shape index (κ2) is 5.31. The van der Waals surface area contributed by atoms with Gasteiger partial charge in [0.05, 0.1) is 11.8 Å². The number of hydrogen-bond donors (Lipinski definition) is 2. The topological polar surface area (TPSA) is 104 Å². The van der Waals surface area contributed by atoms with Gasteiger partial charge in [-0.25, -0.2) is 0 Å². The number of aliphatic carboxylic acids is 1. The first kappa shape index (κ1) is 15.2. The molecule has 0 radical (unpaired) electrons. The number of carboxylic acid groups (broad SMARTS) is 1. The van der Waals surface area contributed by atoms with Crippen molar-refractivity contribution in [2.45, 2.75) is 32.2 Å². The molecular weight excluding hydrogens is 276 g/mol. The average Bonchev–Trinajstić information content (AvgIpc) is 2.42. The number of hydrogen-bond acceptors (Lipinski definition) is 4. The number of carbonyl (C=O) groups excluding carboxylic acids is 3. The van der Waals surface area contributed by atoms with Gasteiger partial charge in [0.15, 0.2) is 0 Å². The van der Waals surface area contributed by atoms with Crippen molar-refractivity contribution in [1.29, 1.82) is 0 Å². The summed E-state index contributed by atoms with van der Waals surface area (Å²) in [6.45, 7) is 2.85. The van der Waals surface area contributed by atoms with Crippen molar-refractivity contribution in [2.24, 2.45) is 11.8 Å². The smallest absolute Gasteiger partial charge is 0.307 e. The van der Waals surface area contributed by atoms with Crippen LogP contribution in [0.15, 0.2) is 12.2 Å². The minimum Gasteiger partial charge on any atom is -0.481 e. The molecule has 0 aromatic heterocycles. The summed E-state index contributed by atoms with van der Waals surface area (Å²) < 4.78 is 0. The van der Waals surface area contributed by atoms with E-state index in [9.17, 15) is 24.3 Å². The van der Waals surface area contributed by atoms with E-state index < -0.39 is 41.1 Å². The summed E-state index contributed by atoms with van der Waals surface area (Å²) in [5.74, 6) is -4.16. The fourth-order valence-corrected chi connectivity index (χ4v) is 2.70. The fourth-order valence-electron chi connectivity index (χ4n) is 2.70. The second-order valence-corrected chi connectivity index (χ2v) is 5.85.